The molecule has 0 aliphatic heterocycles. The first kappa shape index (κ1) is 16.4. The van der Waals surface area contributed by atoms with Crippen LogP contribution >= 0.6 is 11.8 Å². The number of carbonyl (C=O) groups is 1. The summed E-state index contributed by atoms with van der Waals surface area (Å²) in [5, 5.41) is 2.79. The predicted octanol–water partition coefficient (Wildman–Crippen LogP) is 2.34. The Morgan fingerprint density at radius 3 is 2.91 bits per heavy atom. The predicted molar refractivity (Wildman–Crippen MR) is 88.2 cm³/mol. The number of carbonyl (C=O) groups excluding carboxylic acids is 1. The molecule has 5 nitrogen and oxygen atoms in total. The van der Waals surface area contributed by atoms with E-state index in [-0.39, 0.29) is 17.0 Å². The number of hydrogen-bond donors (Lipinski definition) is 1. The third-order valence-corrected chi connectivity index (χ3v) is 4.44. The largest absolute Gasteiger partial charge is 0.468 e. The Morgan fingerprint density at radius 2 is 2.18 bits per heavy atom. The van der Waals surface area contributed by atoms with Crippen LogP contribution in [0.15, 0.2) is 39.7 Å². The third-order valence-electron chi connectivity index (χ3n) is 3.38. The van der Waals surface area contributed by atoms with Crippen molar-refractivity contribution in [2.75, 3.05) is 12.3 Å². The maximum atomic E-state index is 12.0. The second-order valence-corrected chi connectivity index (χ2v) is 6.10. The molecule has 0 aromatic carbocycles. The van der Waals surface area contributed by atoms with Crippen molar-refractivity contribution < 1.29 is 9.21 Å². The number of aryl methyl sites for hydroxylation is 1. The van der Waals surface area contributed by atoms with Crippen molar-refractivity contribution in [3.63, 3.8) is 0 Å². The number of pyridine rings is 1. The molecule has 0 fully saturated rings. The van der Waals surface area contributed by atoms with Gasteiger partial charge in [0.15, 0.2) is 0 Å². The number of amides is 1. The van der Waals surface area contributed by atoms with E-state index in [1.54, 1.807) is 37.2 Å². The molecule has 0 saturated carbocycles. The van der Waals surface area contributed by atoms with E-state index in [0.717, 1.165) is 29.4 Å². The summed E-state index contributed by atoms with van der Waals surface area (Å²) in [6.07, 6.45) is 2.52. The van der Waals surface area contributed by atoms with E-state index < -0.39 is 0 Å². The van der Waals surface area contributed by atoms with Gasteiger partial charge in [-0.1, -0.05) is 0 Å². The van der Waals surface area contributed by atoms with Crippen LogP contribution in [0.3, 0.4) is 0 Å². The lowest BCUT2D eigenvalue weighted by atomic mass is 10.2. The average molecular weight is 320 g/mol. The molecule has 0 aliphatic rings. The van der Waals surface area contributed by atoms with Crippen molar-refractivity contribution in [1.82, 2.24) is 9.88 Å². The van der Waals surface area contributed by atoms with Crippen molar-refractivity contribution in [2.24, 2.45) is 7.05 Å². The third kappa shape index (κ3) is 4.27. The van der Waals surface area contributed by atoms with Crippen molar-refractivity contribution in [3.05, 3.63) is 57.9 Å². The zero-order chi connectivity index (χ0) is 15.9. The minimum atomic E-state index is -0.309. The lowest BCUT2D eigenvalue weighted by Gasteiger charge is -2.07. The molecule has 2 aromatic heterocycles. The topological polar surface area (TPSA) is 64.2 Å². The number of nitrogens with one attached hydrogen (secondary N) is 1. The van der Waals surface area contributed by atoms with Crippen molar-refractivity contribution >= 4 is 17.7 Å². The van der Waals surface area contributed by atoms with Crippen LogP contribution in [0.5, 0.6) is 0 Å². The highest BCUT2D eigenvalue weighted by Gasteiger charge is 2.11. The van der Waals surface area contributed by atoms with Gasteiger partial charge in [-0.2, -0.15) is 11.8 Å². The van der Waals surface area contributed by atoms with E-state index in [1.807, 2.05) is 19.1 Å². The minimum Gasteiger partial charge on any atom is -0.468 e. The van der Waals surface area contributed by atoms with Gasteiger partial charge in [0.25, 0.3) is 11.5 Å². The van der Waals surface area contributed by atoms with Crippen molar-refractivity contribution in [2.45, 2.75) is 19.1 Å². The monoisotopic (exact) mass is 320 g/mol. The number of hydrogen-bond acceptors (Lipinski definition) is 4. The minimum absolute atomic E-state index is 0.191. The zero-order valence-electron chi connectivity index (χ0n) is 12.8. The summed E-state index contributed by atoms with van der Waals surface area (Å²) in [5.41, 5.74) is 0.761. The maximum Gasteiger partial charge on any atom is 0.263 e. The molecule has 118 valence electrons. The van der Waals surface area contributed by atoms with E-state index in [9.17, 15) is 9.59 Å². The Kier molecular flexibility index (Phi) is 5.89. The highest BCUT2D eigenvalue weighted by molar-refractivity contribution is 7.98. The highest BCUT2D eigenvalue weighted by atomic mass is 32.2. The standard InChI is InChI=1S/C16H20N2O3S/c1-12-6-7-14(16(20)18(12)2)15(19)17-8-4-10-22-11-13-5-3-9-21-13/h3,5-7,9H,4,8,10-11H2,1-2H3,(H,17,19). The van der Waals surface area contributed by atoms with E-state index in [0.29, 0.717) is 6.54 Å². The molecule has 0 aliphatic carbocycles. The number of furan rings is 1. The van der Waals surface area contributed by atoms with Gasteiger partial charge < -0.3 is 14.3 Å². The van der Waals surface area contributed by atoms with Gasteiger partial charge in [-0.15, -0.1) is 0 Å². The van der Waals surface area contributed by atoms with Crippen LogP contribution in [0.1, 0.15) is 28.2 Å². The Labute approximate surface area is 133 Å². The number of nitrogens with zero attached hydrogens (tertiary/aromatic N) is 1. The molecule has 0 spiro atoms. The van der Waals surface area contributed by atoms with Crippen LogP contribution in [0.25, 0.3) is 0 Å². The summed E-state index contributed by atoms with van der Waals surface area (Å²) < 4.78 is 6.72. The molecule has 0 saturated heterocycles. The average Bonchev–Trinajstić information content (AvgIpc) is 3.01. The summed E-state index contributed by atoms with van der Waals surface area (Å²) in [4.78, 5) is 24.0. The first-order valence-electron chi connectivity index (χ1n) is 7.14. The Morgan fingerprint density at radius 1 is 1.36 bits per heavy atom. The van der Waals surface area contributed by atoms with Crippen LogP contribution in [-0.4, -0.2) is 22.8 Å². The zero-order valence-corrected chi connectivity index (χ0v) is 13.6. The normalized spacial score (nSPS) is 10.6. The smallest absolute Gasteiger partial charge is 0.263 e. The molecule has 2 rings (SSSR count). The van der Waals surface area contributed by atoms with Gasteiger partial charge in [0.1, 0.15) is 11.3 Å². The molecule has 1 N–H and O–H groups in total. The second-order valence-electron chi connectivity index (χ2n) is 4.99. The Balaban J connectivity index is 1.72. The van der Waals surface area contributed by atoms with Crippen LogP contribution in [0, 0.1) is 6.92 Å². The number of thioether (sulfide) groups is 1. The van der Waals surface area contributed by atoms with Gasteiger partial charge in [-0.25, -0.2) is 0 Å². The summed E-state index contributed by atoms with van der Waals surface area (Å²) in [6, 6.07) is 7.17. The van der Waals surface area contributed by atoms with Gasteiger partial charge in [-0.05, 0) is 43.4 Å². The number of aromatic nitrogens is 1. The fraction of sp³-hybridized carbons (Fsp3) is 0.375. The van der Waals surface area contributed by atoms with Gasteiger partial charge >= 0.3 is 0 Å². The molecule has 1 amide bonds. The molecular formula is C16H20N2O3S. The van der Waals surface area contributed by atoms with E-state index in [2.05, 4.69) is 5.32 Å². The second kappa shape index (κ2) is 7.89. The van der Waals surface area contributed by atoms with Gasteiger partial charge in [0, 0.05) is 19.3 Å². The lowest BCUT2D eigenvalue weighted by molar-refractivity contribution is 0.0951. The van der Waals surface area contributed by atoms with Crippen LogP contribution in [-0.2, 0) is 12.8 Å². The van der Waals surface area contributed by atoms with E-state index >= 15 is 0 Å². The van der Waals surface area contributed by atoms with Crippen molar-refractivity contribution in [3.8, 4) is 0 Å². The van der Waals surface area contributed by atoms with Gasteiger partial charge in [-0.3, -0.25) is 9.59 Å². The summed E-state index contributed by atoms with van der Waals surface area (Å²) >= 11 is 1.76. The SMILES string of the molecule is Cc1ccc(C(=O)NCCCSCc2ccco2)c(=O)n1C. The van der Waals surface area contributed by atoms with Gasteiger partial charge in [0.2, 0.25) is 0 Å². The van der Waals surface area contributed by atoms with Crippen molar-refractivity contribution in [1.29, 1.82) is 0 Å². The maximum absolute atomic E-state index is 12.0. The molecule has 0 bridgehead atoms. The fourth-order valence-electron chi connectivity index (χ4n) is 1.94. The van der Waals surface area contributed by atoms with Crippen LogP contribution in [0.2, 0.25) is 0 Å². The molecule has 6 heteroatoms. The van der Waals surface area contributed by atoms with E-state index in [1.165, 1.54) is 4.57 Å². The number of rotatable bonds is 7. The Hall–Kier alpha value is -1.95. The molecule has 2 heterocycles. The van der Waals surface area contributed by atoms with E-state index in [4.69, 9.17) is 4.42 Å². The quantitative estimate of drug-likeness (QED) is 0.795. The fourth-order valence-corrected chi connectivity index (χ4v) is 2.80. The molecule has 0 radical (unpaired) electrons. The lowest BCUT2D eigenvalue weighted by Crippen LogP contribution is -2.33. The summed E-state index contributed by atoms with van der Waals surface area (Å²) in [5.74, 6) is 2.40. The molecule has 2 aromatic rings. The van der Waals surface area contributed by atoms with Crippen LogP contribution < -0.4 is 10.9 Å². The molecular weight excluding hydrogens is 300 g/mol. The molecule has 0 atom stereocenters. The Bertz CT molecular complexity index is 677. The van der Waals surface area contributed by atoms with Crippen LogP contribution in [0.4, 0.5) is 0 Å². The molecule has 22 heavy (non-hydrogen) atoms. The first-order chi connectivity index (χ1) is 10.6. The van der Waals surface area contributed by atoms with Gasteiger partial charge in [0.05, 0.1) is 12.0 Å². The highest BCUT2D eigenvalue weighted by Crippen LogP contribution is 2.12. The first-order valence-corrected chi connectivity index (χ1v) is 8.30. The molecule has 0 unspecified atom stereocenters. The summed E-state index contributed by atoms with van der Waals surface area (Å²) in [7, 11) is 1.67. The summed E-state index contributed by atoms with van der Waals surface area (Å²) in [6.45, 7) is 2.39.